The molecule has 4 atom stereocenters. The minimum absolute atomic E-state index is 0.118. The third kappa shape index (κ3) is 12.4. The van der Waals surface area contributed by atoms with E-state index in [0.29, 0.717) is 24.8 Å². The number of benzene rings is 1. The summed E-state index contributed by atoms with van der Waals surface area (Å²) in [6.45, 7) is 10.7. The van der Waals surface area contributed by atoms with Crippen LogP contribution in [0.25, 0.3) is 0 Å². The Morgan fingerprint density at radius 1 is 0.821 bits per heavy atom. The van der Waals surface area contributed by atoms with Gasteiger partial charge in [0.05, 0.1) is 0 Å². The summed E-state index contributed by atoms with van der Waals surface area (Å²) in [5.41, 5.74) is 4.81. The maximum Gasteiger partial charge on any atom is 0.514 e. The average molecular weight is 554 g/mol. The Morgan fingerprint density at radius 3 is 1.85 bits per heavy atom. The van der Waals surface area contributed by atoms with Gasteiger partial charge < -0.3 is 34.5 Å². The fraction of sp³-hybridized carbons (Fsp3) is 0.643. The van der Waals surface area contributed by atoms with Crippen LogP contribution in [-0.4, -0.2) is 53.2 Å². The third-order valence-electron chi connectivity index (χ3n) is 5.76. The smallest absolute Gasteiger partial charge is 0.480 e. The number of carboxylic acid groups (broad SMARTS) is 1. The molecule has 3 unspecified atom stereocenters. The lowest BCUT2D eigenvalue weighted by Gasteiger charge is -2.28. The summed E-state index contributed by atoms with van der Waals surface area (Å²) in [4.78, 5) is 48.7. The van der Waals surface area contributed by atoms with Crippen molar-refractivity contribution in [2.45, 2.75) is 117 Å². The van der Waals surface area contributed by atoms with Crippen molar-refractivity contribution in [3.05, 3.63) is 23.8 Å². The fourth-order valence-electron chi connectivity index (χ4n) is 3.96. The van der Waals surface area contributed by atoms with Crippen LogP contribution >= 0.6 is 0 Å². The molecule has 1 aromatic carbocycles. The maximum absolute atomic E-state index is 12.4. The van der Waals surface area contributed by atoms with E-state index in [-0.39, 0.29) is 36.9 Å². The summed E-state index contributed by atoms with van der Waals surface area (Å²) >= 11 is 0. The first-order valence-electron chi connectivity index (χ1n) is 13.4. The van der Waals surface area contributed by atoms with Gasteiger partial charge in [-0.05, 0) is 57.7 Å². The number of aliphatic carboxylic acids is 1. The summed E-state index contributed by atoms with van der Waals surface area (Å²) in [6.07, 6.45) is -0.236. The van der Waals surface area contributed by atoms with Crippen molar-refractivity contribution in [2.75, 3.05) is 0 Å². The van der Waals surface area contributed by atoms with Crippen LogP contribution in [-0.2, 0) is 30.2 Å². The second-order valence-corrected chi connectivity index (χ2v) is 9.81. The molecule has 0 aliphatic carbocycles. The SMILES string of the molecule is CCCC(=O)O[C@@H](C)CC(N)(Cc1ccc(OC(=O)OC(C)CCC)c(OC(=O)OC(C)CCC)c1)C(=O)O. The van der Waals surface area contributed by atoms with Crippen LogP contribution in [0, 0.1) is 0 Å². The van der Waals surface area contributed by atoms with Crippen molar-refractivity contribution in [3.63, 3.8) is 0 Å². The maximum atomic E-state index is 12.4. The molecule has 0 saturated heterocycles. The Bertz CT molecular complexity index is 966. The molecule has 0 amide bonds. The molecule has 0 bridgehead atoms. The predicted octanol–water partition coefficient (Wildman–Crippen LogP) is 5.54. The monoisotopic (exact) mass is 553 g/mol. The summed E-state index contributed by atoms with van der Waals surface area (Å²) in [7, 11) is 0. The van der Waals surface area contributed by atoms with Gasteiger partial charge in [0.25, 0.3) is 0 Å². The van der Waals surface area contributed by atoms with Gasteiger partial charge in [-0.3, -0.25) is 9.59 Å². The largest absolute Gasteiger partial charge is 0.514 e. The first-order valence-corrected chi connectivity index (χ1v) is 13.4. The molecule has 3 N–H and O–H groups in total. The lowest BCUT2D eigenvalue weighted by Crippen LogP contribution is -2.52. The molecule has 220 valence electrons. The van der Waals surface area contributed by atoms with Crippen LogP contribution in [0.3, 0.4) is 0 Å². The highest BCUT2D eigenvalue weighted by molar-refractivity contribution is 5.79. The Hall–Kier alpha value is -3.34. The van der Waals surface area contributed by atoms with Crippen molar-refractivity contribution < 1.29 is 48.0 Å². The molecule has 0 aromatic heterocycles. The zero-order valence-corrected chi connectivity index (χ0v) is 23.8. The van der Waals surface area contributed by atoms with E-state index in [4.69, 9.17) is 29.4 Å². The lowest BCUT2D eigenvalue weighted by molar-refractivity contribution is -0.153. The first kappa shape index (κ1) is 33.7. The Labute approximate surface area is 230 Å². The van der Waals surface area contributed by atoms with Gasteiger partial charge in [0, 0.05) is 19.3 Å². The molecule has 11 heteroatoms. The highest BCUT2D eigenvalue weighted by Crippen LogP contribution is 2.32. The molecule has 0 aliphatic heterocycles. The molecule has 1 aromatic rings. The predicted molar refractivity (Wildman–Crippen MR) is 143 cm³/mol. The van der Waals surface area contributed by atoms with Crippen molar-refractivity contribution in [2.24, 2.45) is 5.73 Å². The number of nitrogens with two attached hydrogens (primary N) is 1. The van der Waals surface area contributed by atoms with Gasteiger partial charge in [-0.25, -0.2) is 9.59 Å². The van der Waals surface area contributed by atoms with Gasteiger partial charge in [-0.2, -0.15) is 0 Å². The zero-order valence-electron chi connectivity index (χ0n) is 23.8. The highest BCUT2D eigenvalue weighted by atomic mass is 16.7. The van der Waals surface area contributed by atoms with Crippen LogP contribution in [0.5, 0.6) is 11.5 Å². The minimum Gasteiger partial charge on any atom is -0.480 e. The van der Waals surface area contributed by atoms with Crippen LogP contribution < -0.4 is 15.2 Å². The van der Waals surface area contributed by atoms with Gasteiger partial charge in [0.2, 0.25) is 0 Å². The Kier molecular flexibility index (Phi) is 14.3. The van der Waals surface area contributed by atoms with Crippen molar-refractivity contribution >= 4 is 24.2 Å². The van der Waals surface area contributed by atoms with Gasteiger partial charge in [-0.15, -0.1) is 0 Å². The number of rotatable bonds is 16. The van der Waals surface area contributed by atoms with Crippen LogP contribution in [0.15, 0.2) is 18.2 Å². The quantitative estimate of drug-likeness (QED) is 0.150. The molecule has 11 nitrogen and oxygen atoms in total. The Morgan fingerprint density at radius 2 is 1.36 bits per heavy atom. The number of esters is 1. The molecule has 0 spiro atoms. The second-order valence-electron chi connectivity index (χ2n) is 9.81. The summed E-state index contributed by atoms with van der Waals surface area (Å²) in [6, 6.07) is 4.20. The lowest BCUT2D eigenvalue weighted by atomic mass is 9.86. The topological polar surface area (TPSA) is 161 Å². The first-order chi connectivity index (χ1) is 18.3. The van der Waals surface area contributed by atoms with Crippen LogP contribution in [0.2, 0.25) is 0 Å². The van der Waals surface area contributed by atoms with E-state index in [1.54, 1.807) is 20.8 Å². The average Bonchev–Trinajstić information content (AvgIpc) is 2.80. The minimum atomic E-state index is -1.81. The molecular formula is C28H43NO10. The van der Waals surface area contributed by atoms with Crippen molar-refractivity contribution in [1.29, 1.82) is 0 Å². The molecule has 1 rings (SSSR count). The van der Waals surface area contributed by atoms with Crippen LogP contribution in [0.4, 0.5) is 9.59 Å². The van der Waals surface area contributed by atoms with Crippen LogP contribution in [0.1, 0.15) is 92.1 Å². The molecule has 0 fully saturated rings. The summed E-state index contributed by atoms with van der Waals surface area (Å²) in [5.74, 6) is -2.03. The van der Waals surface area contributed by atoms with Crippen molar-refractivity contribution in [3.8, 4) is 11.5 Å². The van der Waals surface area contributed by atoms with Crippen molar-refractivity contribution in [1.82, 2.24) is 0 Å². The molecule has 0 radical (unpaired) electrons. The third-order valence-corrected chi connectivity index (χ3v) is 5.76. The molecular weight excluding hydrogens is 510 g/mol. The van der Waals surface area contributed by atoms with Gasteiger partial charge in [-0.1, -0.05) is 39.7 Å². The number of hydrogen-bond acceptors (Lipinski definition) is 10. The number of carbonyl (C=O) groups is 4. The van der Waals surface area contributed by atoms with E-state index in [9.17, 15) is 24.3 Å². The van der Waals surface area contributed by atoms with E-state index >= 15 is 0 Å². The summed E-state index contributed by atoms with van der Waals surface area (Å²) in [5, 5.41) is 9.89. The molecule has 0 saturated carbocycles. The number of hydrogen-bond donors (Lipinski definition) is 2. The highest BCUT2D eigenvalue weighted by Gasteiger charge is 2.37. The van der Waals surface area contributed by atoms with Gasteiger partial charge in [0.1, 0.15) is 23.9 Å². The van der Waals surface area contributed by atoms with E-state index in [1.165, 1.54) is 18.2 Å². The van der Waals surface area contributed by atoms with E-state index < -0.39 is 42.0 Å². The van der Waals surface area contributed by atoms with E-state index in [1.807, 2.05) is 20.8 Å². The van der Waals surface area contributed by atoms with E-state index in [2.05, 4.69) is 0 Å². The number of ether oxygens (including phenoxy) is 5. The standard InChI is InChI=1S/C28H43NO10/c1-7-10-18(4)36-26(33)38-22-14-13-21(15-23(22)39-27(34)37-19(5)11-8-2)17-28(29,25(31)32)16-20(6)35-24(30)12-9-3/h13-15,18-20H,7-12,16-17,29H2,1-6H3,(H,31,32)/t18?,19?,20-,28?/m0/s1. The zero-order chi connectivity index (χ0) is 29.6. The second kappa shape index (κ2) is 16.6. The normalized spacial score (nSPS) is 14.7. The molecule has 0 aliphatic rings. The number of carbonyl (C=O) groups excluding carboxylic acids is 3. The number of carboxylic acids is 1. The van der Waals surface area contributed by atoms with Gasteiger partial charge >= 0.3 is 24.2 Å². The van der Waals surface area contributed by atoms with E-state index in [0.717, 1.165) is 12.8 Å². The van der Waals surface area contributed by atoms with Gasteiger partial charge in [0.15, 0.2) is 11.5 Å². The molecule has 0 heterocycles. The summed E-state index contributed by atoms with van der Waals surface area (Å²) < 4.78 is 26.4. The fourth-order valence-corrected chi connectivity index (χ4v) is 3.96. The molecule has 39 heavy (non-hydrogen) atoms. The Balaban J connectivity index is 3.20.